The molecule has 2 aromatic rings. The number of hydrazine groups is 1. The van der Waals surface area contributed by atoms with Crippen molar-refractivity contribution in [2.75, 3.05) is 10.9 Å². The molecule has 2 N–H and O–H groups in total. The lowest BCUT2D eigenvalue weighted by Crippen LogP contribution is -2.10. The van der Waals surface area contributed by atoms with E-state index in [9.17, 15) is 8.78 Å². The second kappa shape index (κ2) is 4.76. The number of benzene rings is 1. The molecule has 2 rings (SSSR count). The third-order valence-electron chi connectivity index (χ3n) is 1.91. The van der Waals surface area contributed by atoms with Crippen LogP contribution in [0.15, 0.2) is 23.7 Å². The number of nitrogens with zero attached hydrogens (tertiary/aromatic N) is 2. The smallest absolute Gasteiger partial charge is 0.201 e. The predicted molar refractivity (Wildman–Crippen MR) is 60.4 cm³/mol. The third kappa shape index (κ3) is 2.49. The van der Waals surface area contributed by atoms with E-state index in [0.29, 0.717) is 5.13 Å². The van der Waals surface area contributed by atoms with Crippen molar-refractivity contribution in [1.82, 2.24) is 4.98 Å². The molecule has 86 valence electrons. The molecule has 0 saturated heterocycles. The minimum Gasteiger partial charge on any atom is -0.296 e. The highest BCUT2D eigenvalue weighted by Gasteiger charge is 2.09. The Balaban J connectivity index is 2.17. The van der Waals surface area contributed by atoms with E-state index in [4.69, 9.17) is 5.26 Å². The Hall–Kier alpha value is -2.20. The van der Waals surface area contributed by atoms with E-state index in [1.165, 1.54) is 11.3 Å². The van der Waals surface area contributed by atoms with Crippen molar-refractivity contribution in [2.24, 2.45) is 0 Å². The van der Waals surface area contributed by atoms with Gasteiger partial charge in [0.05, 0.1) is 11.3 Å². The third-order valence-corrected chi connectivity index (χ3v) is 2.60. The molecule has 0 aliphatic heterocycles. The van der Waals surface area contributed by atoms with Gasteiger partial charge in [-0.3, -0.25) is 10.9 Å². The summed E-state index contributed by atoms with van der Waals surface area (Å²) in [5.74, 6) is -1.50. The number of hydrogen-bond acceptors (Lipinski definition) is 5. The molecule has 0 radical (unpaired) electrons. The van der Waals surface area contributed by atoms with E-state index in [0.717, 1.165) is 12.1 Å². The van der Waals surface area contributed by atoms with Crippen molar-refractivity contribution in [3.63, 3.8) is 0 Å². The monoisotopic (exact) mass is 252 g/mol. The first-order valence-electron chi connectivity index (χ1n) is 4.51. The molecule has 0 aliphatic carbocycles. The summed E-state index contributed by atoms with van der Waals surface area (Å²) in [5.41, 5.74) is 4.68. The van der Waals surface area contributed by atoms with Crippen LogP contribution in [0.5, 0.6) is 0 Å². The van der Waals surface area contributed by atoms with Crippen LogP contribution in [-0.2, 0) is 0 Å². The fourth-order valence-corrected chi connectivity index (χ4v) is 1.62. The van der Waals surface area contributed by atoms with E-state index in [1.54, 1.807) is 17.6 Å². The van der Waals surface area contributed by atoms with Gasteiger partial charge in [0.15, 0.2) is 0 Å². The summed E-state index contributed by atoms with van der Waals surface area (Å²) in [5, 5.41) is 10.8. The Kier molecular flexibility index (Phi) is 3.16. The molecule has 0 aliphatic rings. The molecular formula is C10H6F2N4S. The first kappa shape index (κ1) is 11.3. The van der Waals surface area contributed by atoms with Crippen LogP contribution in [0.2, 0.25) is 0 Å². The van der Waals surface area contributed by atoms with Crippen LogP contribution in [0, 0.1) is 23.0 Å². The number of halogens is 2. The number of hydrogen-bond donors (Lipinski definition) is 2. The standard InChI is InChI=1S/C10H6F2N4S/c11-7-4-9(8(12)3-6(7)5-13)15-16-10-14-1-2-17-10/h1-4,15H,(H,14,16). The zero-order valence-corrected chi connectivity index (χ0v) is 9.18. The van der Waals surface area contributed by atoms with Crippen molar-refractivity contribution in [3.8, 4) is 6.07 Å². The molecule has 0 atom stereocenters. The SMILES string of the molecule is N#Cc1cc(F)c(NNc2nccs2)cc1F. The fraction of sp³-hybridized carbons (Fsp3) is 0. The van der Waals surface area contributed by atoms with E-state index in [1.807, 2.05) is 0 Å². The zero-order chi connectivity index (χ0) is 12.3. The Bertz CT molecular complexity index is 562. The average molecular weight is 252 g/mol. The summed E-state index contributed by atoms with van der Waals surface area (Å²) in [7, 11) is 0. The molecule has 1 aromatic carbocycles. The van der Waals surface area contributed by atoms with Crippen molar-refractivity contribution >= 4 is 22.2 Å². The molecule has 0 saturated carbocycles. The lowest BCUT2D eigenvalue weighted by molar-refractivity contribution is 0.600. The number of rotatable bonds is 3. The van der Waals surface area contributed by atoms with E-state index in [-0.39, 0.29) is 11.3 Å². The number of anilines is 2. The highest BCUT2D eigenvalue weighted by atomic mass is 32.1. The van der Waals surface area contributed by atoms with Gasteiger partial charge in [-0.15, -0.1) is 11.3 Å². The molecule has 4 nitrogen and oxygen atoms in total. The first-order valence-corrected chi connectivity index (χ1v) is 5.39. The van der Waals surface area contributed by atoms with Gasteiger partial charge in [-0.05, 0) is 6.07 Å². The Labute approximate surface area is 99.5 Å². The maximum absolute atomic E-state index is 13.4. The van der Waals surface area contributed by atoms with Crippen LogP contribution in [-0.4, -0.2) is 4.98 Å². The molecule has 0 bridgehead atoms. The van der Waals surface area contributed by atoms with Crippen LogP contribution in [0.4, 0.5) is 19.6 Å². The van der Waals surface area contributed by atoms with E-state index < -0.39 is 11.6 Å². The maximum Gasteiger partial charge on any atom is 0.201 e. The molecule has 0 spiro atoms. The molecule has 1 heterocycles. The van der Waals surface area contributed by atoms with Gasteiger partial charge < -0.3 is 0 Å². The van der Waals surface area contributed by atoms with E-state index >= 15 is 0 Å². The number of nitrogens with one attached hydrogen (secondary N) is 2. The van der Waals surface area contributed by atoms with Crippen LogP contribution in [0.3, 0.4) is 0 Å². The Morgan fingerprint density at radius 3 is 2.71 bits per heavy atom. The minimum atomic E-state index is -0.780. The van der Waals surface area contributed by atoms with Gasteiger partial charge >= 0.3 is 0 Å². The highest BCUT2D eigenvalue weighted by molar-refractivity contribution is 7.13. The van der Waals surface area contributed by atoms with Gasteiger partial charge in [-0.2, -0.15) is 5.26 Å². The zero-order valence-electron chi connectivity index (χ0n) is 8.37. The first-order chi connectivity index (χ1) is 8.20. The molecule has 0 amide bonds. The van der Waals surface area contributed by atoms with Crippen molar-refractivity contribution < 1.29 is 8.78 Å². The summed E-state index contributed by atoms with van der Waals surface area (Å²) >= 11 is 1.31. The summed E-state index contributed by atoms with van der Waals surface area (Å²) in [6, 6.07) is 3.31. The van der Waals surface area contributed by atoms with Crippen LogP contribution in [0.25, 0.3) is 0 Å². The quantitative estimate of drug-likeness (QED) is 0.824. The second-order valence-corrected chi connectivity index (χ2v) is 3.91. The fourth-order valence-electron chi connectivity index (χ4n) is 1.13. The van der Waals surface area contributed by atoms with Gasteiger partial charge in [-0.1, -0.05) is 0 Å². The summed E-state index contributed by atoms with van der Waals surface area (Å²) < 4.78 is 26.6. The normalized spacial score (nSPS) is 9.71. The molecule has 7 heteroatoms. The predicted octanol–water partition coefficient (Wildman–Crippen LogP) is 2.73. The molecule has 17 heavy (non-hydrogen) atoms. The lowest BCUT2D eigenvalue weighted by Gasteiger charge is -2.08. The second-order valence-electron chi connectivity index (χ2n) is 3.01. The van der Waals surface area contributed by atoms with Crippen molar-refractivity contribution in [1.29, 1.82) is 5.26 Å². The highest BCUT2D eigenvalue weighted by Crippen LogP contribution is 2.19. The van der Waals surface area contributed by atoms with Gasteiger partial charge in [0.1, 0.15) is 17.7 Å². The Morgan fingerprint density at radius 1 is 1.24 bits per heavy atom. The number of nitriles is 1. The topological polar surface area (TPSA) is 60.7 Å². The van der Waals surface area contributed by atoms with Crippen LogP contribution >= 0.6 is 11.3 Å². The van der Waals surface area contributed by atoms with Gasteiger partial charge in [-0.25, -0.2) is 13.8 Å². The number of thiazole rings is 1. The van der Waals surface area contributed by atoms with Crippen LogP contribution in [0.1, 0.15) is 5.56 Å². The average Bonchev–Trinajstić information content (AvgIpc) is 2.82. The van der Waals surface area contributed by atoms with Crippen LogP contribution < -0.4 is 10.9 Å². The minimum absolute atomic E-state index is 0.0864. The number of aromatic nitrogens is 1. The lowest BCUT2D eigenvalue weighted by atomic mass is 10.2. The molecule has 0 fully saturated rings. The summed E-state index contributed by atoms with van der Waals surface area (Å²) in [6.07, 6.45) is 1.57. The molecular weight excluding hydrogens is 246 g/mol. The summed E-state index contributed by atoms with van der Waals surface area (Å²) in [6.45, 7) is 0. The maximum atomic E-state index is 13.4. The van der Waals surface area contributed by atoms with Gasteiger partial charge in [0.25, 0.3) is 0 Å². The molecule has 1 aromatic heterocycles. The Morgan fingerprint density at radius 2 is 2.06 bits per heavy atom. The largest absolute Gasteiger partial charge is 0.296 e. The summed E-state index contributed by atoms with van der Waals surface area (Å²) in [4.78, 5) is 3.89. The molecule has 0 unspecified atom stereocenters. The van der Waals surface area contributed by atoms with Gasteiger partial charge in [0, 0.05) is 17.6 Å². The van der Waals surface area contributed by atoms with Crippen molar-refractivity contribution in [2.45, 2.75) is 0 Å². The van der Waals surface area contributed by atoms with E-state index in [2.05, 4.69) is 15.8 Å². The van der Waals surface area contributed by atoms with Crippen molar-refractivity contribution in [3.05, 3.63) is 40.9 Å². The van der Waals surface area contributed by atoms with Gasteiger partial charge in [0.2, 0.25) is 5.13 Å².